The van der Waals surface area contributed by atoms with Crippen molar-refractivity contribution in [3.63, 3.8) is 0 Å². The van der Waals surface area contributed by atoms with Crippen LogP contribution in [0.4, 0.5) is 13.2 Å². The molecule has 2 aliphatic heterocycles. The van der Waals surface area contributed by atoms with Gasteiger partial charge < -0.3 is 23.8 Å². The van der Waals surface area contributed by atoms with Gasteiger partial charge in [0, 0.05) is 13.0 Å². The third-order valence-electron chi connectivity index (χ3n) is 5.91. The summed E-state index contributed by atoms with van der Waals surface area (Å²) < 4.78 is 63.1. The first kappa shape index (κ1) is 25.3. The van der Waals surface area contributed by atoms with E-state index in [1.807, 2.05) is 46.0 Å². The standard InChI is InChI=1S/C22H25B2F3N2O6/c1-31-18-16(32-11-12-33-22(25,26)27)8-7-15(28-18)19(30)29-10-9-20(14-5-3-2-4-6-14)17(13-29)34-21(23,24)35-20/h2-8,17H,9-13,23-24H2,1H3/t17?,20-/m1/s1. The number of piperidine rings is 1. The van der Waals surface area contributed by atoms with Crippen LogP contribution in [-0.4, -0.2) is 82.9 Å². The number of aromatic nitrogens is 1. The Hall–Kier alpha value is -2.76. The average Bonchev–Trinajstić information content (AvgIpc) is 3.11. The molecule has 2 aliphatic rings. The number of pyridine rings is 1. The molecule has 3 heterocycles. The molecule has 1 unspecified atom stereocenters. The van der Waals surface area contributed by atoms with Crippen LogP contribution in [0.15, 0.2) is 42.5 Å². The largest absolute Gasteiger partial charge is 0.522 e. The van der Waals surface area contributed by atoms with E-state index in [0.717, 1.165) is 5.56 Å². The van der Waals surface area contributed by atoms with Gasteiger partial charge in [0.15, 0.2) is 21.4 Å². The molecule has 0 spiro atoms. The molecule has 4 rings (SSSR count). The van der Waals surface area contributed by atoms with Crippen LogP contribution in [0.1, 0.15) is 22.5 Å². The van der Waals surface area contributed by atoms with Crippen molar-refractivity contribution in [3.8, 4) is 11.6 Å². The number of likely N-dealkylation sites (tertiary alicyclic amines) is 1. The van der Waals surface area contributed by atoms with Crippen molar-refractivity contribution in [3.05, 3.63) is 53.7 Å². The summed E-state index contributed by atoms with van der Waals surface area (Å²) in [4.78, 5) is 19.1. The van der Waals surface area contributed by atoms with Crippen LogP contribution in [0.3, 0.4) is 0 Å². The fraction of sp³-hybridized carbons (Fsp3) is 0.455. The second kappa shape index (κ2) is 9.71. The Morgan fingerprint density at radius 2 is 1.94 bits per heavy atom. The highest BCUT2D eigenvalue weighted by atomic mass is 19.4. The molecule has 2 aromatic rings. The smallest absolute Gasteiger partial charge is 0.486 e. The zero-order valence-corrected chi connectivity index (χ0v) is 19.6. The molecule has 1 aromatic carbocycles. The highest BCUT2D eigenvalue weighted by Gasteiger charge is 2.56. The molecular weight excluding hydrogens is 467 g/mol. The minimum absolute atomic E-state index is 0.0138. The molecule has 2 fully saturated rings. The van der Waals surface area contributed by atoms with E-state index >= 15 is 0 Å². The molecule has 0 radical (unpaired) electrons. The van der Waals surface area contributed by atoms with E-state index in [2.05, 4.69) is 9.72 Å². The Morgan fingerprint density at radius 3 is 2.63 bits per heavy atom. The second-order valence-corrected chi connectivity index (χ2v) is 8.71. The van der Waals surface area contributed by atoms with Crippen molar-refractivity contribution < 1.29 is 41.7 Å². The number of halogens is 3. The molecule has 8 nitrogen and oxygen atoms in total. The number of alkyl halides is 3. The lowest BCUT2D eigenvalue weighted by atomic mass is 9.76. The van der Waals surface area contributed by atoms with Gasteiger partial charge in [0.05, 0.1) is 25.8 Å². The molecule has 35 heavy (non-hydrogen) atoms. The summed E-state index contributed by atoms with van der Waals surface area (Å²) in [6.45, 7) is -0.341. The van der Waals surface area contributed by atoms with Gasteiger partial charge in [-0.3, -0.25) is 9.53 Å². The number of methoxy groups -OCH3 is 1. The minimum Gasteiger partial charge on any atom is -0.486 e. The Labute approximate surface area is 202 Å². The SMILES string of the molecule is BC1(B)OC2CN(C(=O)c3ccc(OCCOC(F)(F)F)c(OC)n3)CC[C@]2(c2ccccc2)O1. The van der Waals surface area contributed by atoms with Crippen molar-refractivity contribution in [2.75, 3.05) is 33.4 Å². The quantitative estimate of drug-likeness (QED) is 0.423. The number of hydrogen-bond acceptors (Lipinski definition) is 7. The number of amides is 1. The zero-order chi connectivity index (χ0) is 25.3. The third-order valence-corrected chi connectivity index (χ3v) is 5.91. The monoisotopic (exact) mass is 492 g/mol. The highest BCUT2D eigenvalue weighted by molar-refractivity contribution is 6.38. The number of hydrogen-bond donors (Lipinski definition) is 0. The van der Waals surface area contributed by atoms with Crippen LogP contribution < -0.4 is 9.47 Å². The third kappa shape index (κ3) is 5.57. The average molecular weight is 492 g/mol. The molecular formula is C22H25B2F3N2O6. The maximum absolute atomic E-state index is 13.3. The number of ether oxygens (including phenoxy) is 5. The van der Waals surface area contributed by atoms with Gasteiger partial charge >= 0.3 is 6.36 Å². The summed E-state index contributed by atoms with van der Waals surface area (Å²) in [6, 6.07) is 12.7. The number of carbonyl (C=O) groups is 1. The lowest BCUT2D eigenvalue weighted by molar-refractivity contribution is -0.325. The van der Waals surface area contributed by atoms with Gasteiger partial charge in [-0.2, -0.15) is 0 Å². The van der Waals surface area contributed by atoms with Crippen molar-refractivity contribution in [2.24, 2.45) is 0 Å². The van der Waals surface area contributed by atoms with E-state index < -0.39 is 24.2 Å². The topological polar surface area (TPSA) is 79.4 Å². The first-order chi connectivity index (χ1) is 16.5. The number of fused-ring (bicyclic) bond motifs is 1. The summed E-state index contributed by atoms with van der Waals surface area (Å²) in [5.74, 6) is -0.240. The lowest BCUT2D eigenvalue weighted by Crippen LogP contribution is -2.53. The van der Waals surface area contributed by atoms with Crippen molar-refractivity contribution in [2.45, 2.75) is 30.1 Å². The Bertz CT molecular complexity index is 1060. The Morgan fingerprint density at radius 1 is 1.20 bits per heavy atom. The zero-order valence-electron chi connectivity index (χ0n) is 19.6. The fourth-order valence-corrected chi connectivity index (χ4v) is 4.52. The van der Waals surface area contributed by atoms with E-state index in [9.17, 15) is 18.0 Å². The fourth-order valence-electron chi connectivity index (χ4n) is 4.52. The maximum Gasteiger partial charge on any atom is 0.522 e. The van der Waals surface area contributed by atoms with Crippen LogP contribution in [-0.2, 0) is 19.8 Å². The molecule has 0 bridgehead atoms. The molecule has 186 valence electrons. The predicted octanol–water partition coefficient (Wildman–Crippen LogP) is 1.04. The van der Waals surface area contributed by atoms with Crippen molar-refractivity contribution >= 4 is 21.6 Å². The van der Waals surface area contributed by atoms with Crippen LogP contribution in [0.2, 0.25) is 0 Å². The van der Waals surface area contributed by atoms with Gasteiger partial charge in [-0.15, -0.1) is 13.2 Å². The summed E-state index contributed by atoms with van der Waals surface area (Å²) in [6.07, 6.45) is -4.58. The summed E-state index contributed by atoms with van der Waals surface area (Å²) in [5, 5.41) is 0. The van der Waals surface area contributed by atoms with E-state index in [0.29, 0.717) is 19.5 Å². The highest BCUT2D eigenvalue weighted by Crippen LogP contribution is 2.47. The molecule has 1 amide bonds. The molecule has 2 saturated heterocycles. The van der Waals surface area contributed by atoms with Gasteiger partial charge in [-0.1, -0.05) is 30.3 Å². The number of rotatable bonds is 7. The second-order valence-electron chi connectivity index (χ2n) is 8.71. The molecule has 2 atom stereocenters. The maximum atomic E-state index is 13.3. The van der Waals surface area contributed by atoms with Crippen LogP contribution in [0.25, 0.3) is 0 Å². The van der Waals surface area contributed by atoms with Crippen LogP contribution in [0, 0.1) is 0 Å². The minimum atomic E-state index is -4.74. The van der Waals surface area contributed by atoms with Gasteiger partial charge in [-0.05, 0) is 17.7 Å². The summed E-state index contributed by atoms with van der Waals surface area (Å²) in [5.41, 5.74) is -0.358. The molecule has 1 aromatic heterocycles. The predicted molar refractivity (Wildman–Crippen MR) is 123 cm³/mol. The Balaban J connectivity index is 1.46. The molecule has 0 N–H and O–H groups in total. The van der Waals surface area contributed by atoms with Gasteiger partial charge in [-0.25, -0.2) is 4.98 Å². The van der Waals surface area contributed by atoms with Gasteiger partial charge in [0.1, 0.15) is 24.0 Å². The number of nitrogens with zero attached hydrogens (tertiary/aromatic N) is 2. The summed E-state index contributed by atoms with van der Waals surface area (Å²) in [7, 11) is 5.04. The van der Waals surface area contributed by atoms with E-state index in [4.69, 9.17) is 18.9 Å². The van der Waals surface area contributed by atoms with E-state index in [1.54, 1.807) is 4.90 Å². The van der Waals surface area contributed by atoms with Crippen molar-refractivity contribution in [1.82, 2.24) is 9.88 Å². The molecule has 13 heteroatoms. The van der Waals surface area contributed by atoms with E-state index in [1.165, 1.54) is 19.2 Å². The molecule has 0 aliphatic carbocycles. The lowest BCUT2D eigenvalue weighted by Gasteiger charge is -2.42. The van der Waals surface area contributed by atoms with Crippen molar-refractivity contribution in [1.29, 1.82) is 0 Å². The first-order valence-electron chi connectivity index (χ1n) is 11.1. The first-order valence-corrected chi connectivity index (χ1v) is 11.1. The van der Waals surface area contributed by atoms with E-state index in [-0.39, 0.29) is 35.9 Å². The number of carbonyl (C=O) groups excluding carboxylic acids is 1. The normalized spacial score (nSPS) is 23.5. The van der Waals surface area contributed by atoms with Crippen LogP contribution >= 0.6 is 0 Å². The Kier molecular flexibility index (Phi) is 7.03. The van der Waals surface area contributed by atoms with Crippen LogP contribution in [0.5, 0.6) is 11.6 Å². The number of benzene rings is 1. The summed E-state index contributed by atoms with van der Waals surface area (Å²) >= 11 is 0. The van der Waals surface area contributed by atoms with Gasteiger partial charge in [0.25, 0.3) is 11.8 Å². The van der Waals surface area contributed by atoms with Gasteiger partial charge in [0.2, 0.25) is 0 Å². The molecule has 0 saturated carbocycles.